The molecule has 0 spiro atoms. The summed E-state index contributed by atoms with van der Waals surface area (Å²) in [6, 6.07) is 4.23. The molecule has 0 aliphatic heterocycles. The average Bonchev–Trinajstić information content (AvgIpc) is 3.06. The van der Waals surface area contributed by atoms with Gasteiger partial charge in [0.2, 0.25) is 5.91 Å². The molecular formula is C16H22N2OS2. The summed E-state index contributed by atoms with van der Waals surface area (Å²) in [6.07, 6.45) is 2.49. The molecule has 2 rings (SSSR count). The van der Waals surface area contributed by atoms with Crippen molar-refractivity contribution in [1.29, 1.82) is 0 Å². The molecule has 0 saturated carbocycles. The van der Waals surface area contributed by atoms with Crippen LogP contribution in [0.1, 0.15) is 46.3 Å². The lowest BCUT2D eigenvalue weighted by Gasteiger charge is -2.24. The number of rotatable bonds is 6. The Morgan fingerprint density at radius 2 is 2.19 bits per heavy atom. The summed E-state index contributed by atoms with van der Waals surface area (Å²) >= 11 is 3.45. The van der Waals surface area contributed by atoms with E-state index in [4.69, 9.17) is 0 Å². The van der Waals surface area contributed by atoms with Gasteiger partial charge in [-0.05, 0) is 45.1 Å². The van der Waals surface area contributed by atoms with Crippen molar-refractivity contribution in [2.24, 2.45) is 0 Å². The number of carbonyl (C=O) groups excluding carboxylic acids is 1. The highest BCUT2D eigenvalue weighted by Gasteiger charge is 2.21. The molecule has 5 heteroatoms. The van der Waals surface area contributed by atoms with Crippen molar-refractivity contribution in [1.82, 2.24) is 9.88 Å². The van der Waals surface area contributed by atoms with Crippen LogP contribution in [-0.4, -0.2) is 22.8 Å². The SMILES string of the molecule is Cc1nc([C@H](C)N(C)C(=O)CCCc2cccs2)c(C)s1. The summed E-state index contributed by atoms with van der Waals surface area (Å²) in [5.74, 6) is 0.198. The second-order valence-corrected chi connectivity index (χ2v) is 7.73. The van der Waals surface area contributed by atoms with Crippen LogP contribution in [0.25, 0.3) is 0 Å². The van der Waals surface area contributed by atoms with Crippen LogP contribution in [0.2, 0.25) is 0 Å². The Balaban J connectivity index is 1.88. The zero-order valence-electron chi connectivity index (χ0n) is 13.0. The number of aromatic nitrogens is 1. The van der Waals surface area contributed by atoms with Crippen LogP contribution in [-0.2, 0) is 11.2 Å². The molecule has 0 bridgehead atoms. The van der Waals surface area contributed by atoms with E-state index < -0.39 is 0 Å². The van der Waals surface area contributed by atoms with Crippen molar-refractivity contribution < 1.29 is 4.79 Å². The van der Waals surface area contributed by atoms with Gasteiger partial charge in [-0.25, -0.2) is 4.98 Å². The van der Waals surface area contributed by atoms with Gasteiger partial charge in [0.25, 0.3) is 0 Å². The smallest absolute Gasteiger partial charge is 0.222 e. The number of nitrogens with zero attached hydrogens (tertiary/aromatic N) is 2. The summed E-state index contributed by atoms with van der Waals surface area (Å²) in [7, 11) is 1.88. The van der Waals surface area contributed by atoms with E-state index in [-0.39, 0.29) is 11.9 Å². The van der Waals surface area contributed by atoms with Crippen molar-refractivity contribution >= 4 is 28.6 Å². The largest absolute Gasteiger partial charge is 0.337 e. The second-order valence-electron chi connectivity index (χ2n) is 5.29. The van der Waals surface area contributed by atoms with E-state index in [2.05, 4.69) is 36.3 Å². The molecule has 0 saturated heterocycles. The Morgan fingerprint density at radius 1 is 1.43 bits per heavy atom. The van der Waals surface area contributed by atoms with Gasteiger partial charge in [0, 0.05) is 23.2 Å². The first-order chi connectivity index (χ1) is 9.99. The van der Waals surface area contributed by atoms with E-state index in [1.807, 2.05) is 18.9 Å². The summed E-state index contributed by atoms with van der Waals surface area (Å²) in [4.78, 5) is 21.3. The standard InChI is InChI=1S/C16H22N2OS2/c1-11(16-12(2)21-13(3)17-16)18(4)15(19)9-5-7-14-8-6-10-20-14/h6,8,10-11H,5,7,9H2,1-4H3/t11-/m0/s1. The third-order valence-corrected chi connectivity index (χ3v) is 5.54. The zero-order chi connectivity index (χ0) is 15.4. The van der Waals surface area contributed by atoms with Crippen molar-refractivity contribution in [3.63, 3.8) is 0 Å². The van der Waals surface area contributed by atoms with Crippen molar-refractivity contribution in [2.45, 2.75) is 46.1 Å². The Hall–Kier alpha value is -1.20. The van der Waals surface area contributed by atoms with Crippen LogP contribution in [0.4, 0.5) is 0 Å². The number of hydrogen-bond acceptors (Lipinski definition) is 4. The summed E-state index contributed by atoms with van der Waals surface area (Å²) in [6.45, 7) is 6.14. The molecule has 1 amide bonds. The van der Waals surface area contributed by atoms with Gasteiger partial charge < -0.3 is 4.90 Å². The first-order valence-corrected chi connectivity index (χ1v) is 8.90. The number of carbonyl (C=O) groups is 1. The minimum absolute atomic E-state index is 0.0455. The zero-order valence-corrected chi connectivity index (χ0v) is 14.7. The summed E-state index contributed by atoms with van der Waals surface area (Å²) in [5.41, 5.74) is 1.03. The minimum Gasteiger partial charge on any atom is -0.337 e. The van der Waals surface area contributed by atoms with Gasteiger partial charge in [-0.15, -0.1) is 22.7 Å². The third kappa shape index (κ3) is 4.14. The maximum Gasteiger partial charge on any atom is 0.222 e. The van der Waals surface area contributed by atoms with Crippen molar-refractivity contribution in [2.75, 3.05) is 7.05 Å². The average molecular weight is 322 g/mol. The van der Waals surface area contributed by atoms with E-state index in [1.54, 1.807) is 22.7 Å². The van der Waals surface area contributed by atoms with Gasteiger partial charge >= 0.3 is 0 Å². The van der Waals surface area contributed by atoms with E-state index in [9.17, 15) is 4.79 Å². The number of hydrogen-bond donors (Lipinski definition) is 0. The molecule has 0 aliphatic rings. The lowest BCUT2D eigenvalue weighted by molar-refractivity contribution is -0.131. The molecule has 0 aliphatic carbocycles. The molecule has 1 atom stereocenters. The maximum atomic E-state index is 12.3. The second kappa shape index (κ2) is 7.18. The van der Waals surface area contributed by atoms with Crippen LogP contribution in [0.3, 0.4) is 0 Å². The molecule has 114 valence electrons. The highest BCUT2D eigenvalue weighted by molar-refractivity contribution is 7.11. The minimum atomic E-state index is 0.0455. The van der Waals surface area contributed by atoms with Gasteiger partial charge in [0.05, 0.1) is 16.7 Å². The fourth-order valence-corrected chi connectivity index (χ4v) is 4.04. The van der Waals surface area contributed by atoms with Crippen LogP contribution in [0.15, 0.2) is 17.5 Å². The van der Waals surface area contributed by atoms with Crippen molar-refractivity contribution in [3.8, 4) is 0 Å². The third-order valence-electron chi connectivity index (χ3n) is 3.70. The van der Waals surface area contributed by atoms with Gasteiger partial charge in [-0.2, -0.15) is 0 Å². The fraction of sp³-hybridized carbons (Fsp3) is 0.500. The molecule has 0 fully saturated rings. The predicted octanol–water partition coefficient (Wildman–Crippen LogP) is 4.36. The molecule has 2 aromatic heterocycles. The fourth-order valence-electron chi connectivity index (χ4n) is 2.38. The molecule has 2 heterocycles. The Kier molecular flexibility index (Phi) is 5.53. The molecule has 0 unspecified atom stereocenters. The normalized spacial score (nSPS) is 12.4. The topological polar surface area (TPSA) is 33.2 Å². The summed E-state index contributed by atoms with van der Waals surface area (Å²) in [5, 5.41) is 3.14. The molecule has 0 radical (unpaired) electrons. The van der Waals surface area contributed by atoms with Crippen molar-refractivity contribution in [3.05, 3.63) is 38.0 Å². The van der Waals surface area contributed by atoms with E-state index in [0.29, 0.717) is 6.42 Å². The van der Waals surface area contributed by atoms with Crippen LogP contribution >= 0.6 is 22.7 Å². The molecular weight excluding hydrogens is 300 g/mol. The lowest BCUT2D eigenvalue weighted by atomic mass is 10.1. The quantitative estimate of drug-likeness (QED) is 0.791. The van der Waals surface area contributed by atoms with Crippen LogP contribution in [0.5, 0.6) is 0 Å². The first kappa shape index (κ1) is 16.2. The highest BCUT2D eigenvalue weighted by atomic mass is 32.1. The molecule has 2 aromatic rings. The molecule has 0 N–H and O–H groups in total. The van der Waals surface area contributed by atoms with Gasteiger partial charge in [0.15, 0.2) is 0 Å². The monoisotopic (exact) mass is 322 g/mol. The van der Waals surface area contributed by atoms with Gasteiger partial charge in [-0.1, -0.05) is 6.07 Å². The molecule has 3 nitrogen and oxygen atoms in total. The summed E-state index contributed by atoms with van der Waals surface area (Å²) < 4.78 is 0. The molecule has 21 heavy (non-hydrogen) atoms. The first-order valence-electron chi connectivity index (χ1n) is 7.21. The number of thiazole rings is 1. The number of aryl methyl sites for hydroxylation is 3. The van der Waals surface area contributed by atoms with E-state index >= 15 is 0 Å². The number of amides is 1. The lowest BCUT2D eigenvalue weighted by Crippen LogP contribution is -2.30. The van der Waals surface area contributed by atoms with Crippen LogP contribution in [0, 0.1) is 13.8 Å². The van der Waals surface area contributed by atoms with E-state index in [1.165, 1.54) is 9.75 Å². The predicted molar refractivity (Wildman–Crippen MR) is 90.0 cm³/mol. The van der Waals surface area contributed by atoms with Gasteiger partial charge in [-0.3, -0.25) is 4.79 Å². The Labute approximate surface area is 134 Å². The Morgan fingerprint density at radius 3 is 2.76 bits per heavy atom. The number of thiophene rings is 1. The maximum absolute atomic E-state index is 12.3. The van der Waals surface area contributed by atoms with Crippen LogP contribution < -0.4 is 0 Å². The van der Waals surface area contributed by atoms with Gasteiger partial charge in [0.1, 0.15) is 0 Å². The molecule has 0 aromatic carbocycles. The highest BCUT2D eigenvalue weighted by Crippen LogP contribution is 2.26. The Bertz CT molecular complexity index is 589. The van der Waals surface area contributed by atoms with E-state index in [0.717, 1.165) is 23.5 Å².